The Morgan fingerprint density at radius 1 is 1.32 bits per heavy atom. The maximum absolute atomic E-state index is 12.1. The Balaban J connectivity index is 1.47. The van der Waals surface area contributed by atoms with Crippen molar-refractivity contribution in [1.82, 2.24) is 9.88 Å². The first kappa shape index (κ1) is 17.4. The Bertz CT molecular complexity index is 706. The molecular weight excluding hydrogens is 318 g/mol. The highest BCUT2D eigenvalue weighted by Gasteiger charge is 2.37. The molecule has 0 unspecified atom stereocenters. The molecule has 1 atom stereocenters. The Morgan fingerprint density at radius 3 is 2.84 bits per heavy atom. The summed E-state index contributed by atoms with van der Waals surface area (Å²) in [5.41, 5.74) is 0.230. The van der Waals surface area contributed by atoms with Crippen molar-refractivity contribution in [2.75, 3.05) is 31.6 Å². The van der Waals surface area contributed by atoms with Gasteiger partial charge in [-0.3, -0.25) is 9.69 Å². The summed E-state index contributed by atoms with van der Waals surface area (Å²) in [6, 6.07) is 13.1. The second kappa shape index (κ2) is 7.63. The van der Waals surface area contributed by atoms with Gasteiger partial charge in [-0.15, -0.1) is 0 Å². The van der Waals surface area contributed by atoms with Crippen LogP contribution in [0.25, 0.3) is 0 Å². The molecule has 1 aromatic carbocycles. The molecule has 2 N–H and O–H groups in total. The van der Waals surface area contributed by atoms with E-state index < -0.39 is 5.60 Å². The van der Waals surface area contributed by atoms with Crippen LogP contribution in [0.4, 0.5) is 5.82 Å². The number of benzene rings is 1. The molecule has 0 aliphatic carbocycles. The second-order valence-electron chi connectivity index (χ2n) is 6.55. The van der Waals surface area contributed by atoms with Crippen molar-refractivity contribution >= 4 is 11.7 Å². The number of carbonyl (C=O) groups is 1. The lowest BCUT2D eigenvalue weighted by molar-refractivity contribution is -0.117. The zero-order chi connectivity index (χ0) is 17.7. The predicted molar refractivity (Wildman–Crippen MR) is 95.5 cm³/mol. The third-order valence-electron chi connectivity index (χ3n) is 4.24. The summed E-state index contributed by atoms with van der Waals surface area (Å²) < 4.78 is 5.71. The number of aryl methyl sites for hydroxylation is 1. The molecule has 25 heavy (non-hydrogen) atoms. The quantitative estimate of drug-likeness (QED) is 0.839. The molecule has 132 valence electrons. The Morgan fingerprint density at radius 2 is 2.12 bits per heavy atom. The highest BCUT2D eigenvalue weighted by Crippen LogP contribution is 2.23. The van der Waals surface area contributed by atoms with Gasteiger partial charge in [0.2, 0.25) is 5.91 Å². The molecule has 2 aromatic rings. The van der Waals surface area contributed by atoms with Gasteiger partial charge in [0.1, 0.15) is 23.8 Å². The average molecular weight is 341 g/mol. The molecule has 6 nitrogen and oxygen atoms in total. The number of anilines is 1. The third kappa shape index (κ3) is 5.01. The van der Waals surface area contributed by atoms with Crippen molar-refractivity contribution in [3.05, 3.63) is 54.2 Å². The fourth-order valence-electron chi connectivity index (χ4n) is 2.87. The van der Waals surface area contributed by atoms with Gasteiger partial charge in [0, 0.05) is 19.3 Å². The number of ether oxygens (including phenoxy) is 1. The second-order valence-corrected chi connectivity index (χ2v) is 6.55. The number of β-amino-alcohol motifs (C(OH)–C–C–N with tert-alkyl or cyclic N) is 1. The number of hydrogen-bond acceptors (Lipinski definition) is 5. The summed E-state index contributed by atoms with van der Waals surface area (Å²) in [7, 11) is 0. The van der Waals surface area contributed by atoms with Crippen LogP contribution in [-0.2, 0) is 4.79 Å². The first-order chi connectivity index (χ1) is 12.0. The van der Waals surface area contributed by atoms with Crippen LogP contribution in [0.3, 0.4) is 0 Å². The van der Waals surface area contributed by atoms with E-state index in [-0.39, 0.29) is 19.1 Å². The number of amides is 1. The SMILES string of the molecule is Cc1ccc(OC[C@]2(O)CCN(CC(=O)Nc3ccccn3)C2)cc1. The lowest BCUT2D eigenvalue weighted by Crippen LogP contribution is -2.41. The molecule has 0 bridgehead atoms. The molecule has 1 saturated heterocycles. The zero-order valence-electron chi connectivity index (χ0n) is 14.3. The van der Waals surface area contributed by atoms with E-state index in [1.54, 1.807) is 18.3 Å². The molecule has 0 saturated carbocycles. The molecule has 1 aliphatic rings. The van der Waals surface area contributed by atoms with E-state index in [4.69, 9.17) is 4.74 Å². The molecule has 1 aliphatic heterocycles. The molecule has 1 fully saturated rings. The van der Waals surface area contributed by atoms with Crippen molar-refractivity contribution in [1.29, 1.82) is 0 Å². The van der Waals surface area contributed by atoms with E-state index >= 15 is 0 Å². The minimum Gasteiger partial charge on any atom is -0.491 e. The third-order valence-corrected chi connectivity index (χ3v) is 4.24. The van der Waals surface area contributed by atoms with E-state index in [1.165, 1.54) is 0 Å². The van der Waals surface area contributed by atoms with Gasteiger partial charge in [-0.25, -0.2) is 4.98 Å². The average Bonchev–Trinajstić information content (AvgIpc) is 2.96. The van der Waals surface area contributed by atoms with Crippen molar-refractivity contribution in [2.24, 2.45) is 0 Å². The van der Waals surface area contributed by atoms with Crippen LogP contribution >= 0.6 is 0 Å². The van der Waals surface area contributed by atoms with Crippen LogP contribution in [0.15, 0.2) is 48.7 Å². The molecule has 0 radical (unpaired) electrons. The van der Waals surface area contributed by atoms with Gasteiger partial charge >= 0.3 is 0 Å². The summed E-state index contributed by atoms with van der Waals surface area (Å²) in [4.78, 5) is 18.1. The van der Waals surface area contributed by atoms with Gasteiger partial charge in [-0.1, -0.05) is 23.8 Å². The first-order valence-electron chi connectivity index (χ1n) is 8.38. The standard InChI is InChI=1S/C19H23N3O3/c1-15-5-7-16(8-6-15)25-14-19(24)9-11-22(13-19)12-18(23)21-17-4-2-3-10-20-17/h2-8,10,24H,9,11-14H2,1H3,(H,20,21,23)/t19-/m0/s1. The lowest BCUT2D eigenvalue weighted by Gasteiger charge is -2.23. The number of nitrogens with zero attached hydrogens (tertiary/aromatic N) is 2. The molecule has 1 aromatic heterocycles. The van der Waals surface area contributed by atoms with E-state index in [9.17, 15) is 9.90 Å². The maximum Gasteiger partial charge on any atom is 0.239 e. The van der Waals surface area contributed by atoms with Gasteiger partial charge in [-0.2, -0.15) is 0 Å². The van der Waals surface area contributed by atoms with Gasteiger partial charge in [0.25, 0.3) is 0 Å². The summed E-state index contributed by atoms with van der Waals surface area (Å²) in [5, 5.41) is 13.4. The zero-order valence-corrected chi connectivity index (χ0v) is 14.3. The molecule has 3 rings (SSSR count). The minimum absolute atomic E-state index is 0.137. The van der Waals surface area contributed by atoms with Crippen LogP contribution < -0.4 is 10.1 Å². The van der Waals surface area contributed by atoms with Gasteiger partial charge in [0.15, 0.2) is 0 Å². The Hall–Kier alpha value is -2.44. The smallest absolute Gasteiger partial charge is 0.239 e. The normalized spacial score (nSPS) is 20.4. The van der Waals surface area contributed by atoms with E-state index in [0.717, 1.165) is 11.3 Å². The fraction of sp³-hybridized carbons (Fsp3) is 0.368. The van der Waals surface area contributed by atoms with E-state index in [0.29, 0.717) is 25.3 Å². The molecule has 0 spiro atoms. The number of carbonyl (C=O) groups excluding carboxylic acids is 1. The predicted octanol–water partition coefficient (Wildman–Crippen LogP) is 1.84. The van der Waals surface area contributed by atoms with Gasteiger partial charge < -0.3 is 15.2 Å². The van der Waals surface area contributed by atoms with Crippen LogP contribution in [0.5, 0.6) is 5.75 Å². The monoisotopic (exact) mass is 341 g/mol. The van der Waals surface area contributed by atoms with Crippen LogP contribution in [0.1, 0.15) is 12.0 Å². The van der Waals surface area contributed by atoms with E-state index in [1.807, 2.05) is 42.2 Å². The number of aliphatic hydroxyl groups is 1. The topological polar surface area (TPSA) is 74.7 Å². The van der Waals surface area contributed by atoms with Crippen molar-refractivity contribution < 1.29 is 14.6 Å². The van der Waals surface area contributed by atoms with Crippen molar-refractivity contribution in [2.45, 2.75) is 18.9 Å². The maximum atomic E-state index is 12.1. The lowest BCUT2D eigenvalue weighted by atomic mass is 10.1. The van der Waals surface area contributed by atoms with Gasteiger partial charge in [-0.05, 0) is 37.6 Å². The number of likely N-dealkylation sites (tertiary alicyclic amines) is 1. The van der Waals surface area contributed by atoms with Crippen molar-refractivity contribution in [3.8, 4) is 5.75 Å². The molecule has 6 heteroatoms. The number of hydrogen-bond donors (Lipinski definition) is 2. The fourth-order valence-corrected chi connectivity index (χ4v) is 2.87. The first-order valence-corrected chi connectivity index (χ1v) is 8.38. The highest BCUT2D eigenvalue weighted by atomic mass is 16.5. The molecule has 1 amide bonds. The molecular formula is C19H23N3O3. The highest BCUT2D eigenvalue weighted by molar-refractivity contribution is 5.91. The van der Waals surface area contributed by atoms with E-state index in [2.05, 4.69) is 10.3 Å². The largest absolute Gasteiger partial charge is 0.491 e. The van der Waals surface area contributed by atoms with Crippen molar-refractivity contribution in [3.63, 3.8) is 0 Å². The molecule has 2 heterocycles. The summed E-state index contributed by atoms with van der Waals surface area (Å²) in [6.45, 7) is 3.53. The van der Waals surface area contributed by atoms with Crippen LogP contribution in [-0.4, -0.2) is 52.7 Å². The minimum atomic E-state index is -0.934. The summed E-state index contributed by atoms with van der Waals surface area (Å²) in [5.74, 6) is 1.14. The van der Waals surface area contributed by atoms with Crippen LogP contribution in [0.2, 0.25) is 0 Å². The van der Waals surface area contributed by atoms with Gasteiger partial charge in [0.05, 0.1) is 6.54 Å². The number of pyridine rings is 1. The number of aromatic nitrogens is 1. The Labute approximate surface area is 147 Å². The Kier molecular flexibility index (Phi) is 5.31. The summed E-state index contributed by atoms with van der Waals surface area (Å²) in [6.07, 6.45) is 2.21. The number of nitrogens with one attached hydrogen (secondary N) is 1. The number of rotatable bonds is 6. The summed E-state index contributed by atoms with van der Waals surface area (Å²) >= 11 is 0. The van der Waals surface area contributed by atoms with Crippen LogP contribution in [0, 0.1) is 6.92 Å².